The molecule has 0 aromatic carbocycles. The van der Waals surface area contributed by atoms with E-state index in [0.717, 1.165) is 0 Å². The summed E-state index contributed by atoms with van der Waals surface area (Å²) in [4.78, 5) is 2.41. The highest BCUT2D eigenvalue weighted by Crippen LogP contribution is 2.16. The molecule has 6 nitrogen and oxygen atoms in total. The third-order valence-corrected chi connectivity index (χ3v) is 4.86. The monoisotopic (exact) mass is 239 g/mol. The summed E-state index contributed by atoms with van der Waals surface area (Å²) in [6.45, 7) is 4.31. The van der Waals surface area contributed by atoms with E-state index >= 15 is 0 Å². The highest BCUT2D eigenvalue weighted by Gasteiger charge is 2.33. The maximum atomic E-state index is 11.5. The van der Waals surface area contributed by atoms with Crippen LogP contribution in [0.1, 0.15) is 20.8 Å². The van der Waals surface area contributed by atoms with Crippen molar-refractivity contribution in [2.45, 2.75) is 25.5 Å². The van der Waals surface area contributed by atoms with Crippen molar-refractivity contribution < 1.29 is 22.0 Å². The Morgan fingerprint density at radius 2 is 1.93 bits per heavy atom. The van der Waals surface area contributed by atoms with Gasteiger partial charge in [0.1, 0.15) is 0 Å². The van der Waals surface area contributed by atoms with Gasteiger partial charge in [-0.25, -0.2) is 8.42 Å². The van der Waals surface area contributed by atoms with E-state index < -0.39 is 36.5 Å². The van der Waals surface area contributed by atoms with Crippen LogP contribution in [0.4, 0.5) is 0 Å². The van der Waals surface area contributed by atoms with Crippen LogP contribution in [-0.2, 0) is 20.9 Å². The van der Waals surface area contributed by atoms with Gasteiger partial charge in [-0.2, -0.15) is 4.79 Å². The summed E-state index contributed by atoms with van der Waals surface area (Å²) in [5, 5.41) is -0.778. The molecule has 0 spiro atoms. The molecule has 0 aromatic heterocycles. The Morgan fingerprint density at radius 3 is 2.14 bits per heavy atom. The van der Waals surface area contributed by atoms with E-state index in [4.69, 9.17) is 5.53 Å². The Bertz CT molecular complexity index is 387. The predicted octanol–water partition coefficient (Wildman–Crippen LogP) is -0.293. The molecule has 0 aliphatic rings. The molecule has 0 amide bonds. The van der Waals surface area contributed by atoms with Crippen molar-refractivity contribution in [2.75, 3.05) is 5.75 Å². The average molecular weight is 239 g/mol. The number of hydrogen-bond acceptors (Lipinski definition) is 4. The van der Waals surface area contributed by atoms with E-state index in [2.05, 4.69) is 4.79 Å². The maximum absolute atomic E-state index is 11.5. The van der Waals surface area contributed by atoms with Crippen LogP contribution in [0.5, 0.6) is 0 Å². The van der Waals surface area contributed by atoms with E-state index in [1.165, 1.54) is 20.8 Å². The first-order valence-electron chi connectivity index (χ1n) is 3.64. The minimum atomic E-state index is -3.64. The van der Waals surface area contributed by atoms with Crippen LogP contribution in [0.25, 0.3) is 5.53 Å². The lowest BCUT2D eigenvalue weighted by molar-refractivity contribution is -0.00101. The molecule has 1 unspecified atom stereocenters. The Hall–Kier alpha value is -0.560. The lowest BCUT2D eigenvalue weighted by atomic mass is 10.3. The summed E-state index contributed by atoms with van der Waals surface area (Å²) >= 11 is -2.81. The molecular formula is C6H11N2O4S2-. The van der Waals surface area contributed by atoms with Crippen molar-refractivity contribution in [1.29, 1.82) is 0 Å². The van der Waals surface area contributed by atoms with Gasteiger partial charge in [-0.15, -0.1) is 0 Å². The standard InChI is InChI=1S/C6H12N2O4S2/c1-6(2,3)14(11,12)4-5(8-7)13(9)10/h4H2,1-3H3,(H,9,10)/p-1. The van der Waals surface area contributed by atoms with E-state index in [9.17, 15) is 17.2 Å². The van der Waals surface area contributed by atoms with Gasteiger partial charge in [-0.05, 0) is 20.8 Å². The van der Waals surface area contributed by atoms with Crippen molar-refractivity contribution in [3.8, 4) is 0 Å². The van der Waals surface area contributed by atoms with Crippen molar-refractivity contribution in [1.82, 2.24) is 0 Å². The first-order chi connectivity index (χ1) is 6.12. The molecule has 0 aromatic rings. The fraction of sp³-hybridized carbons (Fsp3) is 0.833. The molecule has 14 heavy (non-hydrogen) atoms. The smallest absolute Gasteiger partial charge is 0.357 e. The molecule has 0 rings (SSSR count). The normalized spacial score (nSPS) is 14.6. The number of hydrogen-bond donors (Lipinski definition) is 0. The van der Waals surface area contributed by atoms with Crippen molar-refractivity contribution >= 4 is 26.0 Å². The minimum absolute atomic E-state index is 0.778. The van der Waals surface area contributed by atoms with Gasteiger partial charge in [0, 0.05) is 0 Å². The largest absolute Gasteiger partial charge is 0.763 e. The second-order valence-electron chi connectivity index (χ2n) is 3.60. The average Bonchev–Trinajstić information content (AvgIpc) is 1.97. The zero-order valence-corrected chi connectivity index (χ0v) is 9.68. The third kappa shape index (κ3) is 3.30. The molecular weight excluding hydrogens is 228 g/mol. The molecule has 0 saturated heterocycles. The number of rotatable bonds is 2. The predicted molar refractivity (Wildman–Crippen MR) is 51.1 cm³/mol. The van der Waals surface area contributed by atoms with Crippen LogP contribution in [0.3, 0.4) is 0 Å². The maximum Gasteiger partial charge on any atom is 0.357 e. The molecule has 0 N–H and O–H groups in total. The summed E-state index contributed by atoms with van der Waals surface area (Å²) in [7, 11) is -3.64. The van der Waals surface area contributed by atoms with Gasteiger partial charge in [0.15, 0.2) is 15.6 Å². The van der Waals surface area contributed by atoms with Gasteiger partial charge >= 0.3 is 5.04 Å². The Kier molecular flexibility index (Phi) is 4.14. The molecule has 0 radical (unpaired) electrons. The lowest BCUT2D eigenvalue weighted by Crippen LogP contribution is -2.34. The van der Waals surface area contributed by atoms with Crippen LogP contribution in [0.15, 0.2) is 0 Å². The summed E-state index contributed by atoms with van der Waals surface area (Å²) < 4.78 is 42.6. The summed E-state index contributed by atoms with van der Waals surface area (Å²) in [6, 6.07) is 0. The molecule has 0 heterocycles. The van der Waals surface area contributed by atoms with E-state index in [-0.39, 0.29) is 0 Å². The summed E-state index contributed by atoms with van der Waals surface area (Å²) in [6.07, 6.45) is 0. The molecule has 8 heteroatoms. The molecule has 1 atom stereocenters. The Labute approximate surface area is 85.1 Å². The zero-order valence-electron chi connectivity index (χ0n) is 8.05. The molecule has 0 bridgehead atoms. The topological polar surface area (TPSA) is 111 Å². The molecule has 82 valence electrons. The summed E-state index contributed by atoms with van der Waals surface area (Å²) in [5.41, 5.74) is 8.26. The highest BCUT2D eigenvalue weighted by atomic mass is 32.2. The van der Waals surface area contributed by atoms with Crippen LogP contribution in [0, 0.1) is 0 Å². The van der Waals surface area contributed by atoms with E-state index in [1.807, 2.05) is 0 Å². The third-order valence-electron chi connectivity index (χ3n) is 1.55. The van der Waals surface area contributed by atoms with E-state index in [1.54, 1.807) is 0 Å². The first-order valence-corrected chi connectivity index (χ1v) is 6.37. The van der Waals surface area contributed by atoms with Crippen molar-refractivity contribution in [2.24, 2.45) is 0 Å². The molecule has 0 aliphatic carbocycles. The van der Waals surface area contributed by atoms with Crippen LogP contribution in [0.2, 0.25) is 0 Å². The quantitative estimate of drug-likeness (QED) is 0.216. The lowest BCUT2D eigenvalue weighted by Gasteiger charge is -2.17. The van der Waals surface area contributed by atoms with Crippen LogP contribution >= 0.6 is 0 Å². The second kappa shape index (κ2) is 4.31. The van der Waals surface area contributed by atoms with Crippen LogP contribution in [-0.4, -0.2) is 37.5 Å². The fourth-order valence-corrected chi connectivity index (χ4v) is 2.22. The Morgan fingerprint density at radius 1 is 1.50 bits per heavy atom. The zero-order chi connectivity index (χ0) is 11.6. The SMILES string of the molecule is CC(C)(C)S(=O)(=O)CC(=[N+]=[N-])S(=O)[O-]. The van der Waals surface area contributed by atoms with Gasteiger partial charge in [-0.3, -0.25) is 4.21 Å². The fourth-order valence-electron chi connectivity index (χ4n) is 0.489. The van der Waals surface area contributed by atoms with Gasteiger partial charge in [0.2, 0.25) is 0 Å². The van der Waals surface area contributed by atoms with Gasteiger partial charge in [0.25, 0.3) is 0 Å². The first kappa shape index (κ1) is 13.4. The highest BCUT2D eigenvalue weighted by molar-refractivity contribution is 8.00. The molecule has 0 aliphatic heterocycles. The van der Waals surface area contributed by atoms with Crippen molar-refractivity contribution in [3.05, 3.63) is 5.53 Å². The minimum Gasteiger partial charge on any atom is -0.763 e. The molecule has 0 fully saturated rings. The molecule has 0 saturated carbocycles. The summed E-state index contributed by atoms with van der Waals surface area (Å²) in [5.74, 6) is -0.789. The number of sulfone groups is 1. The van der Waals surface area contributed by atoms with Crippen LogP contribution < -0.4 is 0 Å². The van der Waals surface area contributed by atoms with Gasteiger partial charge < -0.3 is 10.1 Å². The Balaban J connectivity index is 5.06. The second-order valence-corrected chi connectivity index (χ2v) is 7.28. The van der Waals surface area contributed by atoms with E-state index in [0.29, 0.717) is 0 Å². The van der Waals surface area contributed by atoms with Crippen molar-refractivity contribution in [3.63, 3.8) is 0 Å². The van der Waals surface area contributed by atoms with Gasteiger partial charge in [-0.1, -0.05) is 0 Å². The number of nitrogens with zero attached hydrogens (tertiary/aromatic N) is 2. The van der Waals surface area contributed by atoms with Gasteiger partial charge in [0.05, 0.1) is 15.8 Å².